The van der Waals surface area contributed by atoms with Gasteiger partial charge in [-0.2, -0.15) is 0 Å². The molecule has 34 heavy (non-hydrogen) atoms. The molecular weight excluding hydrogens is 532 g/mol. The molecule has 3 aromatic carbocycles. The lowest BCUT2D eigenvalue weighted by Gasteiger charge is -2.12. The average molecular weight is 546 g/mol. The fourth-order valence-electron chi connectivity index (χ4n) is 2.78. The SMILES string of the molecule is O=C(Nc1ccc(Cl)c([N+](=O)[O-])c1)C(=Cc1ccc([N+](=O)[O-])cc1)NC(=O)c1ccccc1Br. The molecule has 0 spiro atoms. The highest BCUT2D eigenvalue weighted by atomic mass is 79.9. The molecule has 12 heteroatoms. The molecule has 172 valence electrons. The second-order valence-electron chi connectivity index (χ2n) is 6.72. The molecule has 0 heterocycles. The Kier molecular flexibility index (Phi) is 7.71. The van der Waals surface area contributed by atoms with Crippen LogP contribution >= 0.6 is 27.5 Å². The van der Waals surface area contributed by atoms with Gasteiger partial charge < -0.3 is 10.6 Å². The Morgan fingerprint density at radius 3 is 2.24 bits per heavy atom. The van der Waals surface area contributed by atoms with Crippen molar-refractivity contribution in [2.24, 2.45) is 0 Å². The zero-order valence-corrected chi connectivity index (χ0v) is 19.4. The fraction of sp³-hybridized carbons (Fsp3) is 0. The van der Waals surface area contributed by atoms with Gasteiger partial charge in [0.25, 0.3) is 23.2 Å². The lowest BCUT2D eigenvalue weighted by molar-refractivity contribution is -0.385. The van der Waals surface area contributed by atoms with Gasteiger partial charge in [-0.25, -0.2) is 0 Å². The van der Waals surface area contributed by atoms with Crippen LogP contribution in [0.25, 0.3) is 6.08 Å². The van der Waals surface area contributed by atoms with Gasteiger partial charge in [-0.1, -0.05) is 23.7 Å². The van der Waals surface area contributed by atoms with Crippen molar-refractivity contribution in [3.63, 3.8) is 0 Å². The number of amides is 2. The van der Waals surface area contributed by atoms with Crippen molar-refractivity contribution in [1.82, 2.24) is 5.32 Å². The van der Waals surface area contributed by atoms with Crippen LogP contribution in [-0.4, -0.2) is 21.7 Å². The third-order valence-electron chi connectivity index (χ3n) is 4.43. The van der Waals surface area contributed by atoms with Gasteiger partial charge >= 0.3 is 0 Å². The molecule has 0 bridgehead atoms. The first-order valence-corrected chi connectivity index (χ1v) is 10.6. The molecular formula is C22H14BrClN4O6. The normalized spacial score (nSPS) is 10.9. The molecule has 2 N–H and O–H groups in total. The highest BCUT2D eigenvalue weighted by Gasteiger charge is 2.19. The van der Waals surface area contributed by atoms with Crippen LogP contribution in [0, 0.1) is 20.2 Å². The van der Waals surface area contributed by atoms with E-state index in [4.69, 9.17) is 11.6 Å². The van der Waals surface area contributed by atoms with Crippen LogP contribution in [0.2, 0.25) is 5.02 Å². The predicted molar refractivity (Wildman–Crippen MR) is 129 cm³/mol. The van der Waals surface area contributed by atoms with Crippen molar-refractivity contribution in [3.05, 3.63) is 113 Å². The van der Waals surface area contributed by atoms with E-state index >= 15 is 0 Å². The molecule has 10 nitrogen and oxygen atoms in total. The molecule has 0 aliphatic heterocycles. The smallest absolute Gasteiger partial charge is 0.289 e. The van der Waals surface area contributed by atoms with Crippen LogP contribution in [0.1, 0.15) is 15.9 Å². The number of anilines is 1. The van der Waals surface area contributed by atoms with Crippen molar-refractivity contribution < 1.29 is 19.4 Å². The molecule has 2 amide bonds. The summed E-state index contributed by atoms with van der Waals surface area (Å²) < 4.78 is 0.496. The Balaban J connectivity index is 1.95. The Morgan fingerprint density at radius 1 is 0.941 bits per heavy atom. The van der Waals surface area contributed by atoms with Crippen LogP contribution in [0.15, 0.2) is 76.9 Å². The summed E-state index contributed by atoms with van der Waals surface area (Å²) in [6.07, 6.45) is 1.32. The number of nitrogens with one attached hydrogen (secondary N) is 2. The van der Waals surface area contributed by atoms with Crippen molar-refractivity contribution >= 4 is 62.5 Å². The third-order valence-corrected chi connectivity index (χ3v) is 5.44. The highest BCUT2D eigenvalue weighted by Crippen LogP contribution is 2.27. The van der Waals surface area contributed by atoms with Crippen LogP contribution in [0.3, 0.4) is 0 Å². The van der Waals surface area contributed by atoms with Gasteiger partial charge in [0.2, 0.25) is 0 Å². The average Bonchev–Trinajstić information content (AvgIpc) is 2.80. The van der Waals surface area contributed by atoms with E-state index in [0.717, 1.165) is 6.07 Å². The maximum atomic E-state index is 13.0. The molecule has 0 unspecified atom stereocenters. The van der Waals surface area contributed by atoms with E-state index in [1.807, 2.05) is 0 Å². The van der Waals surface area contributed by atoms with E-state index in [0.29, 0.717) is 10.0 Å². The molecule has 0 aromatic heterocycles. The van der Waals surface area contributed by atoms with E-state index in [-0.39, 0.29) is 27.7 Å². The van der Waals surface area contributed by atoms with Crippen molar-refractivity contribution in [1.29, 1.82) is 0 Å². The summed E-state index contributed by atoms with van der Waals surface area (Å²) in [7, 11) is 0. The van der Waals surface area contributed by atoms with E-state index in [1.54, 1.807) is 24.3 Å². The number of hydrogen-bond donors (Lipinski definition) is 2. The molecule has 0 fully saturated rings. The van der Waals surface area contributed by atoms with Crippen molar-refractivity contribution in [2.45, 2.75) is 0 Å². The van der Waals surface area contributed by atoms with Crippen LogP contribution in [0.5, 0.6) is 0 Å². The van der Waals surface area contributed by atoms with Crippen LogP contribution in [-0.2, 0) is 4.79 Å². The molecule has 0 radical (unpaired) electrons. The van der Waals surface area contributed by atoms with Gasteiger partial charge in [-0.3, -0.25) is 29.8 Å². The van der Waals surface area contributed by atoms with Gasteiger partial charge in [0.1, 0.15) is 10.7 Å². The van der Waals surface area contributed by atoms with Crippen LogP contribution < -0.4 is 10.6 Å². The Morgan fingerprint density at radius 2 is 1.62 bits per heavy atom. The molecule has 0 aliphatic carbocycles. The largest absolute Gasteiger partial charge is 0.320 e. The van der Waals surface area contributed by atoms with E-state index in [1.165, 1.54) is 42.5 Å². The molecule has 0 aliphatic rings. The molecule has 3 rings (SSSR count). The topological polar surface area (TPSA) is 144 Å². The summed E-state index contributed by atoms with van der Waals surface area (Å²) in [5.74, 6) is -1.38. The number of nitro benzene ring substituents is 2. The number of carbonyl (C=O) groups excluding carboxylic acids is 2. The van der Waals surface area contributed by atoms with Gasteiger partial charge in [-0.05, 0) is 64.0 Å². The third kappa shape index (κ3) is 6.03. The quantitative estimate of drug-likeness (QED) is 0.233. The first-order chi connectivity index (χ1) is 16.2. The Hall–Kier alpha value is -4.09. The van der Waals surface area contributed by atoms with Gasteiger partial charge in [-0.15, -0.1) is 0 Å². The Labute approximate surface area is 205 Å². The number of halogens is 2. The first-order valence-electron chi connectivity index (χ1n) is 9.43. The minimum Gasteiger partial charge on any atom is -0.320 e. The van der Waals surface area contributed by atoms with Crippen molar-refractivity contribution in [3.8, 4) is 0 Å². The monoisotopic (exact) mass is 544 g/mol. The number of carbonyl (C=O) groups is 2. The standard InChI is InChI=1S/C22H14BrClN4O6/c23-17-4-2-1-3-16(17)21(29)26-19(11-13-5-8-15(9-6-13)27(31)32)22(30)25-14-7-10-18(24)20(12-14)28(33)34/h1-12H,(H,25,30)(H,26,29). The van der Waals surface area contributed by atoms with E-state index in [9.17, 15) is 29.8 Å². The number of hydrogen-bond acceptors (Lipinski definition) is 6. The maximum absolute atomic E-state index is 13.0. The number of nitro groups is 2. The summed E-state index contributed by atoms with van der Waals surface area (Å²) in [6.45, 7) is 0. The minimum atomic E-state index is -0.782. The minimum absolute atomic E-state index is 0.0749. The predicted octanol–water partition coefficient (Wildman–Crippen LogP) is 5.33. The summed E-state index contributed by atoms with van der Waals surface area (Å²) in [5, 5.41) is 26.9. The lowest BCUT2D eigenvalue weighted by Crippen LogP contribution is -2.31. The molecule has 0 saturated heterocycles. The van der Waals surface area contributed by atoms with Crippen LogP contribution in [0.4, 0.5) is 17.1 Å². The van der Waals surface area contributed by atoms with Crippen molar-refractivity contribution in [2.75, 3.05) is 5.32 Å². The fourth-order valence-corrected chi connectivity index (χ4v) is 3.43. The second-order valence-corrected chi connectivity index (χ2v) is 7.98. The van der Waals surface area contributed by atoms with Gasteiger partial charge in [0.15, 0.2) is 0 Å². The van der Waals surface area contributed by atoms with Gasteiger partial charge in [0.05, 0.1) is 15.4 Å². The van der Waals surface area contributed by atoms with E-state index in [2.05, 4.69) is 26.6 Å². The summed E-state index contributed by atoms with van der Waals surface area (Å²) >= 11 is 9.08. The first kappa shape index (κ1) is 24.6. The van der Waals surface area contributed by atoms with E-state index < -0.39 is 27.3 Å². The second kappa shape index (κ2) is 10.7. The molecule has 0 atom stereocenters. The molecule has 0 saturated carbocycles. The zero-order valence-electron chi connectivity index (χ0n) is 17.0. The summed E-state index contributed by atoms with van der Waals surface area (Å²) in [5.41, 5.74) is -0.0261. The number of nitrogens with zero attached hydrogens (tertiary/aromatic N) is 2. The van der Waals surface area contributed by atoms with Gasteiger partial charge in [0, 0.05) is 28.4 Å². The molecule has 3 aromatic rings. The summed E-state index contributed by atoms with van der Waals surface area (Å²) in [4.78, 5) is 46.5. The zero-order chi connectivity index (χ0) is 24.8. The number of non-ortho nitro benzene ring substituents is 1. The number of benzene rings is 3. The maximum Gasteiger partial charge on any atom is 0.289 e. The lowest BCUT2D eigenvalue weighted by atomic mass is 10.1. The highest BCUT2D eigenvalue weighted by molar-refractivity contribution is 9.10. The Bertz CT molecular complexity index is 1330. The number of rotatable bonds is 7. The summed E-state index contributed by atoms with van der Waals surface area (Å²) in [6, 6.07) is 15.6.